The average molecular weight is 434 g/mol. The maximum atomic E-state index is 12.3. The van der Waals surface area contributed by atoms with Gasteiger partial charge in [-0.2, -0.15) is 0 Å². The Labute approximate surface area is 175 Å². The molecule has 0 unspecified atom stereocenters. The molecule has 0 saturated carbocycles. The molecule has 3 rings (SSSR count). The van der Waals surface area contributed by atoms with Crippen molar-refractivity contribution in [1.29, 1.82) is 0 Å². The molecule has 9 nitrogen and oxygen atoms in total. The topological polar surface area (TPSA) is 133 Å². The first-order chi connectivity index (χ1) is 14.2. The van der Waals surface area contributed by atoms with Gasteiger partial charge in [-0.25, -0.2) is 18.5 Å². The Morgan fingerprint density at radius 1 is 1.30 bits per heavy atom. The number of carbonyl (C=O) groups is 1. The molecule has 3 N–H and O–H groups in total. The van der Waals surface area contributed by atoms with E-state index in [0.717, 1.165) is 30.0 Å². The van der Waals surface area contributed by atoms with E-state index in [0.29, 0.717) is 17.7 Å². The molecule has 0 aliphatic carbocycles. The summed E-state index contributed by atoms with van der Waals surface area (Å²) in [6, 6.07) is 6.49. The summed E-state index contributed by atoms with van der Waals surface area (Å²) in [5.74, 6) is 1.48. The number of imidazole rings is 1. The molecule has 30 heavy (non-hydrogen) atoms. The van der Waals surface area contributed by atoms with Gasteiger partial charge in [0.2, 0.25) is 15.9 Å². The summed E-state index contributed by atoms with van der Waals surface area (Å²) >= 11 is 0. The van der Waals surface area contributed by atoms with Crippen LogP contribution in [-0.4, -0.2) is 29.0 Å². The molecule has 162 valence electrons. The lowest BCUT2D eigenvalue weighted by molar-refractivity contribution is -0.121. The molecule has 2 aromatic heterocycles. The average Bonchev–Trinajstić information content (AvgIpc) is 3.29. The minimum Gasteiger partial charge on any atom is -0.359 e. The third kappa shape index (κ3) is 5.06. The number of benzene rings is 1. The van der Waals surface area contributed by atoms with E-state index >= 15 is 0 Å². The van der Waals surface area contributed by atoms with Crippen LogP contribution in [0.5, 0.6) is 0 Å². The Bertz CT molecular complexity index is 1150. The van der Waals surface area contributed by atoms with Crippen molar-refractivity contribution in [3.05, 3.63) is 41.5 Å². The summed E-state index contributed by atoms with van der Waals surface area (Å²) in [5.41, 5.74) is 2.22. The molecular weight excluding hydrogens is 406 g/mol. The minimum atomic E-state index is -3.80. The van der Waals surface area contributed by atoms with E-state index in [1.54, 1.807) is 6.07 Å². The quantitative estimate of drug-likeness (QED) is 0.532. The Hall–Kier alpha value is -2.72. The second-order valence-electron chi connectivity index (χ2n) is 7.52. The SMILES string of the molecule is CCCn1c(CCC(=O)NCc2cc(C(C)C)no2)nc2cc(S(N)(=O)=O)ccc21. The molecule has 0 saturated heterocycles. The first-order valence-electron chi connectivity index (χ1n) is 9.93. The van der Waals surface area contributed by atoms with E-state index < -0.39 is 10.0 Å². The van der Waals surface area contributed by atoms with E-state index in [2.05, 4.69) is 15.5 Å². The third-order valence-electron chi connectivity index (χ3n) is 4.78. The number of primary sulfonamides is 1. The number of nitrogens with two attached hydrogens (primary N) is 1. The second-order valence-corrected chi connectivity index (χ2v) is 9.09. The summed E-state index contributed by atoms with van der Waals surface area (Å²) in [4.78, 5) is 16.9. The molecule has 0 bridgehead atoms. The van der Waals surface area contributed by atoms with E-state index in [1.165, 1.54) is 12.1 Å². The molecule has 0 aliphatic heterocycles. The lowest BCUT2D eigenvalue weighted by atomic mass is 10.1. The number of aryl methyl sites for hydroxylation is 2. The summed E-state index contributed by atoms with van der Waals surface area (Å²) in [7, 11) is -3.80. The molecule has 2 heterocycles. The molecule has 0 radical (unpaired) electrons. The van der Waals surface area contributed by atoms with Gasteiger partial charge < -0.3 is 14.4 Å². The molecule has 0 atom stereocenters. The van der Waals surface area contributed by atoms with Crippen LogP contribution in [0.25, 0.3) is 11.0 Å². The van der Waals surface area contributed by atoms with Crippen LogP contribution in [-0.2, 0) is 34.3 Å². The van der Waals surface area contributed by atoms with Crippen molar-refractivity contribution in [2.24, 2.45) is 5.14 Å². The molecule has 10 heteroatoms. The van der Waals surface area contributed by atoms with Crippen LogP contribution < -0.4 is 10.5 Å². The van der Waals surface area contributed by atoms with E-state index in [4.69, 9.17) is 9.66 Å². The van der Waals surface area contributed by atoms with Gasteiger partial charge in [-0.05, 0) is 30.5 Å². The zero-order valence-electron chi connectivity index (χ0n) is 17.4. The van der Waals surface area contributed by atoms with Crippen LogP contribution in [0.15, 0.2) is 33.7 Å². The van der Waals surface area contributed by atoms with Crippen LogP contribution in [0, 0.1) is 0 Å². The highest BCUT2D eigenvalue weighted by molar-refractivity contribution is 7.89. The highest BCUT2D eigenvalue weighted by Gasteiger charge is 2.16. The number of hydrogen-bond acceptors (Lipinski definition) is 6. The highest BCUT2D eigenvalue weighted by atomic mass is 32.2. The monoisotopic (exact) mass is 433 g/mol. The number of nitrogens with one attached hydrogen (secondary N) is 1. The van der Waals surface area contributed by atoms with E-state index in [1.807, 2.05) is 31.4 Å². The summed E-state index contributed by atoms with van der Waals surface area (Å²) < 4.78 is 30.5. The Balaban J connectivity index is 1.69. The van der Waals surface area contributed by atoms with E-state index in [9.17, 15) is 13.2 Å². The second kappa shape index (κ2) is 8.97. The maximum absolute atomic E-state index is 12.3. The van der Waals surface area contributed by atoms with Crippen molar-refractivity contribution in [2.75, 3.05) is 0 Å². The van der Waals surface area contributed by atoms with Gasteiger partial charge in [0.15, 0.2) is 5.76 Å². The predicted octanol–water partition coefficient (Wildman–Crippen LogP) is 2.45. The van der Waals surface area contributed by atoms with Gasteiger partial charge in [0, 0.05) is 25.5 Å². The lowest BCUT2D eigenvalue weighted by Gasteiger charge is -2.08. The molecule has 0 fully saturated rings. The fraction of sp³-hybridized carbons (Fsp3) is 0.450. The van der Waals surface area contributed by atoms with Crippen molar-refractivity contribution in [2.45, 2.75) is 63.9 Å². The van der Waals surface area contributed by atoms with Crippen LogP contribution in [0.2, 0.25) is 0 Å². The number of carbonyl (C=O) groups excluding carboxylic acids is 1. The zero-order chi connectivity index (χ0) is 21.9. The van der Waals surface area contributed by atoms with Crippen LogP contribution in [0.4, 0.5) is 0 Å². The smallest absolute Gasteiger partial charge is 0.238 e. The summed E-state index contributed by atoms with van der Waals surface area (Å²) in [5, 5.41) is 12.0. The normalized spacial score (nSPS) is 12.0. The van der Waals surface area contributed by atoms with Crippen molar-refractivity contribution in [1.82, 2.24) is 20.0 Å². The number of nitrogens with zero attached hydrogens (tertiary/aromatic N) is 3. The van der Waals surface area contributed by atoms with Gasteiger partial charge in [0.05, 0.1) is 28.2 Å². The first kappa shape index (κ1) is 22.0. The van der Waals surface area contributed by atoms with Gasteiger partial charge in [0.25, 0.3) is 0 Å². The van der Waals surface area contributed by atoms with Crippen molar-refractivity contribution >= 4 is 27.0 Å². The first-order valence-corrected chi connectivity index (χ1v) is 11.5. The van der Waals surface area contributed by atoms with Gasteiger partial charge >= 0.3 is 0 Å². The fourth-order valence-corrected chi connectivity index (χ4v) is 3.72. The largest absolute Gasteiger partial charge is 0.359 e. The maximum Gasteiger partial charge on any atom is 0.238 e. The number of sulfonamides is 1. The Morgan fingerprint density at radius 3 is 2.70 bits per heavy atom. The number of rotatable bonds is 9. The number of fused-ring (bicyclic) bond motifs is 1. The summed E-state index contributed by atoms with van der Waals surface area (Å²) in [6.45, 7) is 7.09. The summed E-state index contributed by atoms with van der Waals surface area (Å²) in [6.07, 6.45) is 1.56. The Kier molecular flexibility index (Phi) is 6.57. The fourth-order valence-electron chi connectivity index (χ4n) is 3.18. The molecular formula is C20H27N5O4S. The predicted molar refractivity (Wildman–Crippen MR) is 112 cm³/mol. The lowest BCUT2D eigenvalue weighted by Crippen LogP contribution is -2.23. The van der Waals surface area contributed by atoms with Gasteiger partial charge in [-0.1, -0.05) is 25.9 Å². The van der Waals surface area contributed by atoms with Crippen LogP contribution in [0.3, 0.4) is 0 Å². The van der Waals surface area contributed by atoms with Gasteiger partial charge in [0.1, 0.15) is 5.82 Å². The number of aromatic nitrogens is 3. The molecule has 3 aromatic rings. The Morgan fingerprint density at radius 2 is 2.07 bits per heavy atom. The molecule has 1 amide bonds. The number of hydrogen-bond donors (Lipinski definition) is 2. The van der Waals surface area contributed by atoms with Crippen LogP contribution >= 0.6 is 0 Å². The standard InChI is InChI=1S/C20H27N5O4S/c1-4-9-25-18-6-5-15(30(21,27)28)11-17(18)23-19(25)7-8-20(26)22-12-14-10-16(13(2)3)24-29-14/h5-6,10-11,13H,4,7-9,12H2,1-3H3,(H,22,26)(H2,21,27,28). The molecule has 1 aromatic carbocycles. The number of amides is 1. The van der Waals surface area contributed by atoms with Crippen molar-refractivity contribution < 1.29 is 17.7 Å². The third-order valence-corrected chi connectivity index (χ3v) is 5.69. The minimum absolute atomic E-state index is 0.0215. The molecule has 0 aliphatic rings. The molecule has 0 spiro atoms. The van der Waals surface area contributed by atoms with Crippen LogP contribution in [0.1, 0.15) is 56.8 Å². The van der Waals surface area contributed by atoms with Crippen molar-refractivity contribution in [3.8, 4) is 0 Å². The van der Waals surface area contributed by atoms with Gasteiger partial charge in [-0.3, -0.25) is 4.79 Å². The van der Waals surface area contributed by atoms with E-state index in [-0.39, 0.29) is 29.7 Å². The highest BCUT2D eigenvalue weighted by Crippen LogP contribution is 2.21. The zero-order valence-corrected chi connectivity index (χ0v) is 18.2. The van der Waals surface area contributed by atoms with Crippen molar-refractivity contribution in [3.63, 3.8) is 0 Å². The van der Waals surface area contributed by atoms with Gasteiger partial charge in [-0.15, -0.1) is 0 Å².